The van der Waals surface area contributed by atoms with Gasteiger partial charge in [0.1, 0.15) is 0 Å². The minimum absolute atomic E-state index is 0. The zero-order valence-electron chi connectivity index (χ0n) is 29.1. The zero-order valence-corrected chi connectivity index (χ0v) is 35.3. The van der Waals surface area contributed by atoms with Gasteiger partial charge in [-0.2, -0.15) is 0 Å². The Bertz CT molecular complexity index is 1050. The number of halogens is 2. The Morgan fingerprint density at radius 3 is 1.76 bits per heavy atom. The molecule has 46 heavy (non-hydrogen) atoms. The fourth-order valence-electron chi connectivity index (χ4n) is 9.42. The molecule has 0 amide bonds. The van der Waals surface area contributed by atoms with E-state index >= 15 is 0 Å². The molecule has 2 saturated carbocycles. The molecule has 5 N–H and O–H groups in total. The van der Waals surface area contributed by atoms with Crippen molar-refractivity contribution in [2.24, 2.45) is 47.3 Å². The summed E-state index contributed by atoms with van der Waals surface area (Å²) >= 11 is 0.609. The molecule has 4 heterocycles. The summed E-state index contributed by atoms with van der Waals surface area (Å²) in [4.78, 5) is 0. The van der Waals surface area contributed by atoms with Crippen LogP contribution in [0.15, 0.2) is 24.3 Å². The predicted molar refractivity (Wildman–Crippen MR) is 178 cm³/mol. The smallest absolute Gasteiger partial charge is 1.00 e. The van der Waals surface area contributed by atoms with E-state index < -0.39 is 20.8 Å². The van der Waals surface area contributed by atoms with Crippen LogP contribution in [-0.2, 0) is 27.2 Å². The van der Waals surface area contributed by atoms with Gasteiger partial charge in [-0.3, -0.25) is 4.18 Å². The first-order chi connectivity index (χ1) is 19.1. The first kappa shape index (κ1) is 50.3. The Balaban J connectivity index is -0.000000668. The molecule has 10 atom stereocenters. The van der Waals surface area contributed by atoms with Crippen molar-refractivity contribution < 1.29 is 104 Å². The molecule has 4 aliphatic heterocycles. The van der Waals surface area contributed by atoms with E-state index in [-0.39, 0.29) is 96.0 Å². The van der Waals surface area contributed by atoms with Crippen molar-refractivity contribution >= 4 is 42.9 Å². The van der Waals surface area contributed by atoms with Gasteiger partial charge >= 0.3 is 59.1 Å². The van der Waals surface area contributed by atoms with Crippen LogP contribution in [-0.4, -0.2) is 48.3 Å². The molecule has 9 nitrogen and oxygen atoms in total. The topological polar surface area (TPSA) is 156 Å². The monoisotopic (exact) mass is 752 g/mol. The summed E-state index contributed by atoms with van der Waals surface area (Å²) < 4.78 is 31.7. The van der Waals surface area contributed by atoms with E-state index in [9.17, 15) is 5.11 Å². The molecule has 0 aromatic carbocycles. The average molecular weight is 754 g/mol. The van der Waals surface area contributed by atoms with Gasteiger partial charge in [0.15, 0.2) is 23.9 Å². The molecule has 10 unspecified atom stereocenters. The summed E-state index contributed by atoms with van der Waals surface area (Å²) in [7, 11) is 7.36. The van der Waals surface area contributed by atoms with Crippen molar-refractivity contribution in [1.29, 1.82) is 0 Å². The van der Waals surface area contributed by atoms with Crippen LogP contribution in [0.4, 0.5) is 0 Å². The zero-order chi connectivity index (χ0) is 30.5. The third-order valence-electron chi connectivity index (χ3n) is 11.3. The molecule has 0 aromatic rings. The number of hydrogen-bond acceptors (Lipinski definition) is 9. The molecule has 262 valence electrons. The van der Waals surface area contributed by atoms with Crippen LogP contribution in [0.25, 0.3) is 0 Å². The quantitative estimate of drug-likeness (QED) is 0.107. The molecule has 0 aromatic heterocycles. The van der Waals surface area contributed by atoms with Crippen molar-refractivity contribution in [2.45, 2.75) is 123 Å². The normalized spacial score (nSPS) is 40.9. The van der Waals surface area contributed by atoms with Crippen molar-refractivity contribution in [3.05, 3.63) is 24.3 Å². The van der Waals surface area contributed by atoms with E-state index in [1.165, 1.54) is 36.8 Å². The molecule has 15 heteroatoms. The van der Waals surface area contributed by atoms with Gasteiger partial charge < -0.3 is 27.0 Å². The van der Waals surface area contributed by atoms with Crippen LogP contribution in [0.2, 0.25) is 0 Å². The number of fused-ring (bicyclic) bond motifs is 2. The van der Waals surface area contributed by atoms with E-state index in [2.05, 4.69) is 80.4 Å². The number of aliphatic hydroxyl groups is 1. The first-order valence-corrected chi connectivity index (χ1v) is 18.4. The maximum absolute atomic E-state index is 10.8. The van der Waals surface area contributed by atoms with E-state index in [0.717, 1.165) is 12.8 Å². The predicted octanol–water partition coefficient (Wildman–Crippen LogP) is 2.10. The Kier molecular flexibility index (Phi) is 21.2. The van der Waals surface area contributed by atoms with Crippen LogP contribution in [0, 0.1) is 47.3 Å². The van der Waals surface area contributed by atoms with Gasteiger partial charge in [-0.1, -0.05) is 73.3 Å². The van der Waals surface area contributed by atoms with Crippen LogP contribution < -0.4 is 59.1 Å². The van der Waals surface area contributed by atoms with E-state index in [0.29, 0.717) is 66.6 Å². The van der Waals surface area contributed by atoms with Gasteiger partial charge in [0.2, 0.25) is 9.23 Å². The number of rotatable bonds is 5. The molecule has 0 radical (unpaired) electrons. The van der Waals surface area contributed by atoms with Crippen LogP contribution in [0.1, 0.15) is 102 Å². The second-order valence-corrected chi connectivity index (χ2v) is 17.0. The molecule has 6 aliphatic rings. The summed E-state index contributed by atoms with van der Waals surface area (Å²) in [6.45, 7) is 21.9. The maximum atomic E-state index is 10.8. The molecular weight excluding hydrogens is 697 g/mol. The van der Waals surface area contributed by atoms with Crippen molar-refractivity contribution in [3.63, 3.8) is 0 Å². The fraction of sp³-hybridized carbons (Fsp3) is 0.871. The second kappa shape index (κ2) is 19.4. The van der Waals surface area contributed by atoms with Gasteiger partial charge in [0, 0.05) is 57.9 Å². The molecular formula is C31H56Cl2Na2O9S2. The van der Waals surface area contributed by atoms with Crippen molar-refractivity contribution in [2.75, 3.05) is 0 Å². The van der Waals surface area contributed by atoms with Gasteiger partial charge in [-0.05, 0) is 62.2 Å². The van der Waals surface area contributed by atoms with Crippen molar-refractivity contribution in [1.82, 2.24) is 0 Å². The fourth-order valence-corrected chi connectivity index (χ4v) is 9.78. The minimum Gasteiger partial charge on any atom is -1.00 e. The van der Waals surface area contributed by atoms with Gasteiger partial charge in [-0.25, -0.2) is 9.47 Å². The Morgan fingerprint density at radius 2 is 1.33 bits per heavy atom. The van der Waals surface area contributed by atoms with Crippen LogP contribution in [0.3, 0.4) is 0 Å². The van der Waals surface area contributed by atoms with E-state index in [1.54, 1.807) is 0 Å². The third kappa shape index (κ3) is 9.23. The SMILES string of the molecule is C.C=C1CC2(O)OC3(CC2C(C)C)C(C)CCC13.C=C1CC2(OSOO)OC3(CC2C(C)C)C(C)CCC13.O.O=S(Cl)Cl.[H-].[Na+].[Na+].[OH-]. The number of ether oxygens (including phenoxy) is 2. The molecule has 4 bridgehead atoms. The Labute approximate surface area is 338 Å². The van der Waals surface area contributed by atoms with Gasteiger partial charge in [-0.15, -0.1) is 4.33 Å². The standard InChI is InChI=1S/C15H24O4S.C15H24O2.CH4.Cl2OS.2Na.2H2O.H/c1-9(2)13-8-14-11(4)5-6-12(14)10(3)7-15(13,17-14)18-20-19-16;1-9(2)13-8-14-11(4)5-6-12(14)10(3)7-15(13,16)17-14;;1-4(2)3;;;;;/h9,11-13,16H,3,5-8H2,1-2,4H3;9,11-13,16H,3,5-8H2,1-2,4H3;1H4;;;;2*1H2;/q;;;;2*+1;;;-1/p-1. The second-order valence-electron chi connectivity index (χ2n) is 14.0. The number of hydrogen-bond donors (Lipinski definition) is 2. The summed E-state index contributed by atoms with van der Waals surface area (Å²) in [5.41, 5.74) is 2.24. The van der Waals surface area contributed by atoms with E-state index in [4.69, 9.17) is 23.1 Å². The molecule has 2 aliphatic carbocycles. The van der Waals surface area contributed by atoms with Crippen LogP contribution in [0.5, 0.6) is 0 Å². The first-order valence-electron chi connectivity index (χ1n) is 15.0. The molecule has 6 rings (SSSR count). The Morgan fingerprint density at radius 1 is 0.913 bits per heavy atom. The largest absolute Gasteiger partial charge is 1.00 e. The summed E-state index contributed by atoms with van der Waals surface area (Å²) in [6, 6.07) is 0. The Hall–Kier alpha value is 2.24. The molecule has 2 spiro atoms. The summed E-state index contributed by atoms with van der Waals surface area (Å²) in [6.07, 6.45) is 8.15. The van der Waals surface area contributed by atoms with Crippen molar-refractivity contribution in [3.8, 4) is 0 Å². The van der Waals surface area contributed by atoms with Gasteiger partial charge in [0.05, 0.1) is 11.2 Å². The third-order valence-corrected chi connectivity index (χ3v) is 11.7. The maximum Gasteiger partial charge on any atom is 1.00 e. The van der Waals surface area contributed by atoms with Gasteiger partial charge in [0.25, 0.3) is 0 Å². The molecule has 4 saturated heterocycles. The summed E-state index contributed by atoms with van der Waals surface area (Å²) in [5.74, 6) is 1.88. The average Bonchev–Trinajstić information content (AvgIpc) is 3.54. The van der Waals surface area contributed by atoms with E-state index in [1.807, 2.05) is 0 Å². The van der Waals surface area contributed by atoms with Crippen LogP contribution >= 0.6 is 33.7 Å². The minimum atomic E-state index is -1.67. The summed E-state index contributed by atoms with van der Waals surface area (Å²) in [5, 5.41) is 19.4. The molecule has 6 fully saturated rings.